The highest BCUT2D eigenvalue weighted by Gasteiger charge is 2.43. The highest BCUT2D eigenvalue weighted by atomic mass is 16.3. The zero-order valence-corrected chi connectivity index (χ0v) is 8.91. The van der Waals surface area contributed by atoms with Gasteiger partial charge in [0, 0.05) is 13.1 Å². The van der Waals surface area contributed by atoms with E-state index in [1.807, 2.05) is 0 Å². The van der Waals surface area contributed by atoms with Gasteiger partial charge in [0.2, 0.25) is 0 Å². The molecule has 0 radical (unpaired) electrons. The van der Waals surface area contributed by atoms with Crippen molar-refractivity contribution in [2.75, 3.05) is 32.8 Å². The van der Waals surface area contributed by atoms with Gasteiger partial charge in [-0.3, -0.25) is 0 Å². The molecule has 3 nitrogen and oxygen atoms in total. The monoisotopic (exact) mass is 198 g/mol. The largest absolute Gasteiger partial charge is 0.395 e. The Morgan fingerprint density at radius 1 is 1.43 bits per heavy atom. The Kier molecular flexibility index (Phi) is 3.10. The van der Waals surface area contributed by atoms with Crippen molar-refractivity contribution in [2.45, 2.75) is 25.7 Å². The summed E-state index contributed by atoms with van der Waals surface area (Å²) in [4.78, 5) is 2.40. The first-order chi connectivity index (χ1) is 6.78. The quantitative estimate of drug-likeness (QED) is 0.691. The molecule has 2 atom stereocenters. The van der Waals surface area contributed by atoms with Crippen LogP contribution < -0.4 is 5.73 Å². The lowest BCUT2D eigenvalue weighted by Gasteiger charge is -2.24. The van der Waals surface area contributed by atoms with Crippen LogP contribution in [0, 0.1) is 11.3 Å². The second-order valence-electron chi connectivity index (χ2n) is 5.09. The Hall–Kier alpha value is -0.120. The summed E-state index contributed by atoms with van der Waals surface area (Å²) in [5.41, 5.74) is 6.29. The minimum absolute atomic E-state index is 0.302. The smallest absolute Gasteiger partial charge is 0.0558 e. The summed E-state index contributed by atoms with van der Waals surface area (Å²) < 4.78 is 0. The van der Waals surface area contributed by atoms with Crippen molar-refractivity contribution in [3.05, 3.63) is 0 Å². The summed E-state index contributed by atoms with van der Waals surface area (Å²) in [6, 6.07) is 0. The lowest BCUT2D eigenvalue weighted by atomic mass is 9.84. The Morgan fingerprint density at radius 3 is 2.93 bits per heavy atom. The van der Waals surface area contributed by atoms with Crippen molar-refractivity contribution in [1.29, 1.82) is 0 Å². The molecule has 2 rings (SSSR count). The fourth-order valence-electron chi connectivity index (χ4n) is 3.26. The molecule has 3 N–H and O–H groups in total. The van der Waals surface area contributed by atoms with Gasteiger partial charge in [-0.25, -0.2) is 0 Å². The van der Waals surface area contributed by atoms with Crippen LogP contribution in [0.1, 0.15) is 25.7 Å². The van der Waals surface area contributed by atoms with Crippen LogP contribution in [-0.4, -0.2) is 42.8 Å². The summed E-state index contributed by atoms with van der Waals surface area (Å²) in [6.45, 7) is 4.40. The number of likely N-dealkylation sites (tertiary alicyclic amines) is 1. The van der Waals surface area contributed by atoms with Crippen LogP contribution in [0.5, 0.6) is 0 Å². The minimum atomic E-state index is 0.302. The van der Waals surface area contributed by atoms with Crippen molar-refractivity contribution in [3.8, 4) is 0 Å². The predicted octanol–water partition coefficient (Wildman–Crippen LogP) is 0.430. The summed E-state index contributed by atoms with van der Waals surface area (Å²) in [5, 5.41) is 8.89. The van der Waals surface area contributed by atoms with Gasteiger partial charge in [-0.1, -0.05) is 0 Å². The second kappa shape index (κ2) is 4.17. The van der Waals surface area contributed by atoms with Crippen molar-refractivity contribution < 1.29 is 5.11 Å². The van der Waals surface area contributed by atoms with E-state index in [9.17, 15) is 0 Å². The normalized spacial score (nSPS) is 38.6. The van der Waals surface area contributed by atoms with Gasteiger partial charge in [0.1, 0.15) is 0 Å². The molecule has 0 unspecified atom stereocenters. The number of nitrogens with two attached hydrogens (primary N) is 1. The van der Waals surface area contributed by atoms with E-state index >= 15 is 0 Å². The maximum atomic E-state index is 8.89. The van der Waals surface area contributed by atoms with E-state index in [2.05, 4.69) is 4.90 Å². The SMILES string of the molecule is NC[C@H]1CC[C@]2(CCN(CCO)C2)C1. The molecular formula is C11H22N2O. The van der Waals surface area contributed by atoms with Crippen LogP contribution in [0.3, 0.4) is 0 Å². The molecule has 0 amide bonds. The number of hydrogen-bond donors (Lipinski definition) is 2. The number of hydrogen-bond acceptors (Lipinski definition) is 3. The minimum Gasteiger partial charge on any atom is -0.395 e. The molecule has 1 heterocycles. The molecule has 1 aliphatic heterocycles. The van der Waals surface area contributed by atoms with E-state index in [-0.39, 0.29) is 0 Å². The maximum Gasteiger partial charge on any atom is 0.0558 e. The van der Waals surface area contributed by atoms with Crippen LogP contribution >= 0.6 is 0 Å². The fourth-order valence-corrected chi connectivity index (χ4v) is 3.26. The number of aliphatic hydroxyl groups is 1. The van der Waals surface area contributed by atoms with Gasteiger partial charge < -0.3 is 15.7 Å². The summed E-state index contributed by atoms with van der Waals surface area (Å²) in [7, 11) is 0. The zero-order chi connectivity index (χ0) is 10.0. The van der Waals surface area contributed by atoms with Crippen molar-refractivity contribution in [1.82, 2.24) is 4.90 Å². The van der Waals surface area contributed by atoms with Gasteiger partial charge in [-0.15, -0.1) is 0 Å². The summed E-state index contributed by atoms with van der Waals surface area (Å²) in [6.07, 6.45) is 5.33. The molecule has 14 heavy (non-hydrogen) atoms. The lowest BCUT2D eigenvalue weighted by molar-refractivity contribution is 0.199. The summed E-state index contributed by atoms with van der Waals surface area (Å²) in [5.74, 6) is 0.768. The molecule has 0 aromatic heterocycles. The van der Waals surface area contributed by atoms with E-state index < -0.39 is 0 Å². The van der Waals surface area contributed by atoms with Crippen LogP contribution in [0.4, 0.5) is 0 Å². The van der Waals surface area contributed by atoms with Gasteiger partial charge in [0.25, 0.3) is 0 Å². The molecule has 0 aromatic rings. The van der Waals surface area contributed by atoms with Crippen LogP contribution in [-0.2, 0) is 0 Å². The molecular weight excluding hydrogens is 176 g/mol. The van der Waals surface area contributed by atoms with E-state index in [1.54, 1.807) is 0 Å². The van der Waals surface area contributed by atoms with Crippen molar-refractivity contribution in [3.63, 3.8) is 0 Å². The van der Waals surface area contributed by atoms with Crippen LogP contribution in [0.25, 0.3) is 0 Å². The number of rotatable bonds is 3. The molecule has 1 saturated heterocycles. The average Bonchev–Trinajstić information content (AvgIpc) is 2.76. The first kappa shape index (κ1) is 10.4. The lowest BCUT2D eigenvalue weighted by Crippen LogP contribution is -2.28. The molecule has 2 aliphatic rings. The molecule has 1 saturated carbocycles. The van der Waals surface area contributed by atoms with Gasteiger partial charge in [-0.05, 0) is 50.1 Å². The number of aliphatic hydroxyl groups excluding tert-OH is 1. The Morgan fingerprint density at radius 2 is 2.29 bits per heavy atom. The molecule has 0 aromatic carbocycles. The average molecular weight is 198 g/mol. The second-order valence-corrected chi connectivity index (χ2v) is 5.09. The zero-order valence-electron chi connectivity index (χ0n) is 8.91. The molecule has 0 bridgehead atoms. The van der Waals surface area contributed by atoms with E-state index in [4.69, 9.17) is 10.8 Å². The number of β-amino-alcohol motifs (C(OH)–C–C–N with tert-alkyl or cyclic N) is 1. The number of nitrogens with zero attached hydrogens (tertiary/aromatic N) is 1. The van der Waals surface area contributed by atoms with Gasteiger partial charge >= 0.3 is 0 Å². The molecule has 3 heteroatoms. The first-order valence-corrected chi connectivity index (χ1v) is 5.81. The standard InChI is InChI=1S/C11H22N2O/c12-8-10-1-2-11(7-10)3-4-13(9-11)5-6-14/h10,14H,1-9,12H2/t10-,11-/m0/s1. The van der Waals surface area contributed by atoms with E-state index in [0.717, 1.165) is 19.0 Å². The Bertz CT molecular complexity index is 198. The van der Waals surface area contributed by atoms with Crippen LogP contribution in [0.2, 0.25) is 0 Å². The third kappa shape index (κ3) is 1.95. The Labute approximate surface area is 86.3 Å². The van der Waals surface area contributed by atoms with Gasteiger partial charge in [-0.2, -0.15) is 0 Å². The molecule has 82 valence electrons. The third-order valence-electron chi connectivity index (χ3n) is 4.07. The molecule has 2 fully saturated rings. The van der Waals surface area contributed by atoms with Crippen molar-refractivity contribution >= 4 is 0 Å². The van der Waals surface area contributed by atoms with E-state index in [0.29, 0.717) is 12.0 Å². The molecule has 1 spiro atoms. The third-order valence-corrected chi connectivity index (χ3v) is 4.07. The first-order valence-electron chi connectivity index (χ1n) is 5.81. The van der Waals surface area contributed by atoms with Gasteiger partial charge in [0.15, 0.2) is 0 Å². The highest BCUT2D eigenvalue weighted by molar-refractivity contribution is 4.96. The fraction of sp³-hybridized carbons (Fsp3) is 1.00. The predicted molar refractivity (Wildman–Crippen MR) is 57.0 cm³/mol. The topological polar surface area (TPSA) is 49.5 Å². The highest BCUT2D eigenvalue weighted by Crippen LogP contribution is 2.47. The maximum absolute atomic E-state index is 8.89. The van der Waals surface area contributed by atoms with E-state index in [1.165, 1.54) is 38.8 Å². The van der Waals surface area contributed by atoms with Gasteiger partial charge in [0.05, 0.1) is 6.61 Å². The molecule has 1 aliphatic carbocycles. The summed E-state index contributed by atoms with van der Waals surface area (Å²) >= 11 is 0. The van der Waals surface area contributed by atoms with Crippen LogP contribution in [0.15, 0.2) is 0 Å². The van der Waals surface area contributed by atoms with Crippen molar-refractivity contribution in [2.24, 2.45) is 17.1 Å². The Balaban J connectivity index is 1.87.